The van der Waals surface area contributed by atoms with Crippen LogP contribution in [-0.2, 0) is 4.74 Å². The molecule has 4 heteroatoms. The van der Waals surface area contributed by atoms with E-state index in [2.05, 4.69) is 39.8 Å². The smallest absolute Gasteiger partial charge is 0.0666 e. The Balaban J connectivity index is 1.31. The van der Waals surface area contributed by atoms with E-state index in [9.17, 15) is 0 Å². The topological polar surface area (TPSA) is 27.7 Å². The van der Waals surface area contributed by atoms with Crippen LogP contribution in [-0.4, -0.2) is 55.3 Å². The van der Waals surface area contributed by atoms with Gasteiger partial charge in [-0.1, -0.05) is 18.2 Å². The number of rotatable bonds is 4. The molecule has 23 heavy (non-hydrogen) atoms. The number of nitrogens with one attached hydrogen (secondary N) is 1. The molecule has 4 nitrogen and oxygen atoms in total. The molecule has 4 rings (SSSR count). The van der Waals surface area contributed by atoms with Crippen LogP contribution < -0.4 is 5.43 Å². The van der Waals surface area contributed by atoms with Crippen molar-refractivity contribution in [3.63, 3.8) is 0 Å². The van der Waals surface area contributed by atoms with Gasteiger partial charge in [0.05, 0.1) is 6.04 Å². The Morgan fingerprint density at radius 3 is 2.74 bits per heavy atom. The molecule has 0 amide bonds. The van der Waals surface area contributed by atoms with E-state index in [1.807, 2.05) is 0 Å². The number of hydrogen-bond acceptors (Lipinski definition) is 4. The summed E-state index contributed by atoms with van der Waals surface area (Å²) in [4.78, 5) is 2.58. The molecule has 126 valence electrons. The predicted octanol–water partition coefficient (Wildman–Crippen LogP) is 2.47. The van der Waals surface area contributed by atoms with Crippen LogP contribution in [0.15, 0.2) is 35.6 Å². The van der Waals surface area contributed by atoms with Gasteiger partial charge in [0.1, 0.15) is 0 Å². The molecule has 1 N–H and O–H groups in total. The van der Waals surface area contributed by atoms with Crippen molar-refractivity contribution in [1.29, 1.82) is 0 Å². The van der Waals surface area contributed by atoms with Gasteiger partial charge in [-0.25, -0.2) is 5.43 Å². The maximum absolute atomic E-state index is 5.48. The van der Waals surface area contributed by atoms with Gasteiger partial charge in [0.25, 0.3) is 0 Å². The van der Waals surface area contributed by atoms with Gasteiger partial charge in [0, 0.05) is 32.5 Å². The second kappa shape index (κ2) is 7.20. The molecule has 3 heterocycles. The van der Waals surface area contributed by atoms with Crippen molar-refractivity contribution < 1.29 is 4.74 Å². The highest BCUT2D eigenvalue weighted by Crippen LogP contribution is 2.28. The van der Waals surface area contributed by atoms with Gasteiger partial charge in [-0.3, -0.25) is 4.90 Å². The first-order chi connectivity index (χ1) is 11.4. The van der Waals surface area contributed by atoms with E-state index < -0.39 is 0 Å². The second-order valence-electron chi connectivity index (χ2n) is 7.27. The lowest BCUT2D eigenvalue weighted by molar-refractivity contribution is 0.0763. The minimum atomic E-state index is 0.467. The molecule has 0 spiro atoms. The highest BCUT2D eigenvalue weighted by Gasteiger charge is 2.24. The van der Waals surface area contributed by atoms with Crippen LogP contribution in [0.1, 0.15) is 32.1 Å². The Kier molecular flexibility index (Phi) is 4.83. The van der Waals surface area contributed by atoms with Crippen molar-refractivity contribution in [1.82, 2.24) is 15.3 Å². The summed E-state index contributed by atoms with van der Waals surface area (Å²) >= 11 is 0. The van der Waals surface area contributed by atoms with E-state index in [0.717, 1.165) is 32.7 Å². The second-order valence-corrected chi connectivity index (χ2v) is 7.27. The number of ether oxygens (including phenoxy) is 1. The average Bonchev–Trinajstić information content (AvgIpc) is 3.28. The first-order valence-corrected chi connectivity index (χ1v) is 9.28. The molecule has 4 aliphatic rings. The van der Waals surface area contributed by atoms with Crippen LogP contribution in [0.3, 0.4) is 0 Å². The minimum absolute atomic E-state index is 0.467. The Labute approximate surface area is 139 Å². The van der Waals surface area contributed by atoms with Crippen molar-refractivity contribution in [3.05, 3.63) is 35.6 Å². The number of allylic oxidation sites excluding steroid dienone is 2. The monoisotopic (exact) mass is 315 g/mol. The molecule has 1 unspecified atom stereocenters. The Hall–Kier alpha value is -1.10. The van der Waals surface area contributed by atoms with Gasteiger partial charge >= 0.3 is 0 Å². The third kappa shape index (κ3) is 3.70. The molecule has 0 saturated carbocycles. The maximum atomic E-state index is 5.48. The SMILES string of the molecule is C1=CC(N2C=C(CN3CCCC3)CN2)CC=C1C1CCOCC1. The first-order valence-electron chi connectivity index (χ1n) is 9.28. The summed E-state index contributed by atoms with van der Waals surface area (Å²) in [5.41, 5.74) is 6.62. The molecular formula is C19H29N3O. The number of hydrazine groups is 1. The van der Waals surface area contributed by atoms with E-state index in [4.69, 9.17) is 4.74 Å². The summed E-state index contributed by atoms with van der Waals surface area (Å²) in [6.07, 6.45) is 15.8. The standard InChI is InChI=1S/C19H29N3O/c1-2-10-21(9-1)14-16-13-20-22(15-16)19-5-3-17(4-6-19)18-7-11-23-12-8-18/h3-5,15,18-20H,1-2,6-14H2. The van der Waals surface area contributed by atoms with E-state index in [1.165, 1.54) is 49.9 Å². The van der Waals surface area contributed by atoms with E-state index in [-0.39, 0.29) is 0 Å². The van der Waals surface area contributed by atoms with Crippen molar-refractivity contribution in [2.24, 2.45) is 5.92 Å². The van der Waals surface area contributed by atoms with Crippen LogP contribution >= 0.6 is 0 Å². The van der Waals surface area contributed by atoms with Gasteiger partial charge in [-0.05, 0) is 62.3 Å². The first kappa shape index (κ1) is 15.4. The van der Waals surface area contributed by atoms with Crippen molar-refractivity contribution in [2.75, 3.05) is 39.4 Å². The minimum Gasteiger partial charge on any atom is -0.381 e. The maximum Gasteiger partial charge on any atom is 0.0666 e. The average molecular weight is 315 g/mol. The highest BCUT2D eigenvalue weighted by atomic mass is 16.5. The fraction of sp³-hybridized carbons (Fsp3) is 0.684. The van der Waals surface area contributed by atoms with Crippen LogP contribution in [0.4, 0.5) is 0 Å². The molecule has 3 aliphatic heterocycles. The molecule has 0 aromatic heterocycles. The Morgan fingerprint density at radius 1 is 1.17 bits per heavy atom. The zero-order valence-corrected chi connectivity index (χ0v) is 14.0. The normalized spacial score (nSPS) is 29.9. The van der Waals surface area contributed by atoms with Gasteiger partial charge < -0.3 is 9.75 Å². The van der Waals surface area contributed by atoms with Crippen LogP contribution in [0.2, 0.25) is 0 Å². The number of nitrogens with zero attached hydrogens (tertiary/aromatic N) is 2. The van der Waals surface area contributed by atoms with E-state index in [1.54, 1.807) is 0 Å². The van der Waals surface area contributed by atoms with Crippen LogP contribution in [0, 0.1) is 5.92 Å². The van der Waals surface area contributed by atoms with Crippen LogP contribution in [0.25, 0.3) is 0 Å². The fourth-order valence-electron chi connectivity index (χ4n) is 4.18. The molecular weight excluding hydrogens is 286 g/mol. The van der Waals surface area contributed by atoms with Gasteiger partial charge in [-0.15, -0.1) is 0 Å². The van der Waals surface area contributed by atoms with Crippen molar-refractivity contribution >= 4 is 0 Å². The van der Waals surface area contributed by atoms with Crippen molar-refractivity contribution in [3.8, 4) is 0 Å². The summed E-state index contributed by atoms with van der Waals surface area (Å²) < 4.78 is 5.48. The molecule has 1 aliphatic carbocycles. The van der Waals surface area contributed by atoms with Crippen LogP contribution in [0.5, 0.6) is 0 Å². The van der Waals surface area contributed by atoms with Crippen molar-refractivity contribution in [2.45, 2.75) is 38.1 Å². The quantitative estimate of drug-likeness (QED) is 0.862. The predicted molar refractivity (Wildman–Crippen MR) is 92.8 cm³/mol. The lowest BCUT2D eigenvalue weighted by Crippen LogP contribution is -2.38. The summed E-state index contributed by atoms with van der Waals surface area (Å²) in [7, 11) is 0. The third-order valence-electron chi connectivity index (χ3n) is 5.59. The molecule has 1 atom stereocenters. The molecule has 0 aromatic carbocycles. The molecule has 2 fully saturated rings. The molecule has 0 bridgehead atoms. The van der Waals surface area contributed by atoms with Gasteiger partial charge in [0.2, 0.25) is 0 Å². The number of likely N-dealkylation sites (tertiary alicyclic amines) is 1. The lowest BCUT2D eigenvalue weighted by Gasteiger charge is -2.29. The zero-order chi connectivity index (χ0) is 15.5. The molecule has 2 saturated heterocycles. The largest absolute Gasteiger partial charge is 0.381 e. The Bertz CT molecular complexity index is 499. The van der Waals surface area contributed by atoms with Gasteiger partial charge in [-0.2, -0.15) is 0 Å². The highest BCUT2D eigenvalue weighted by molar-refractivity contribution is 5.29. The summed E-state index contributed by atoms with van der Waals surface area (Å²) in [5.74, 6) is 0.716. The summed E-state index contributed by atoms with van der Waals surface area (Å²) in [5, 5.41) is 2.32. The molecule has 0 radical (unpaired) electrons. The summed E-state index contributed by atoms with van der Waals surface area (Å²) in [6, 6.07) is 0.467. The fourth-order valence-corrected chi connectivity index (χ4v) is 4.18. The lowest BCUT2D eigenvalue weighted by atomic mass is 9.87. The third-order valence-corrected chi connectivity index (χ3v) is 5.59. The Morgan fingerprint density at radius 2 is 2.00 bits per heavy atom. The number of hydrogen-bond donors (Lipinski definition) is 1. The summed E-state index contributed by atoms with van der Waals surface area (Å²) in [6.45, 7) is 6.56. The van der Waals surface area contributed by atoms with Gasteiger partial charge in [0.15, 0.2) is 0 Å². The molecule has 0 aromatic rings. The van der Waals surface area contributed by atoms with E-state index in [0.29, 0.717) is 12.0 Å². The van der Waals surface area contributed by atoms with E-state index >= 15 is 0 Å². The zero-order valence-electron chi connectivity index (χ0n) is 14.0.